The Bertz CT molecular complexity index is 945. The molecule has 5 nitrogen and oxygen atoms in total. The Labute approximate surface area is 174 Å². The Hall–Kier alpha value is -2.44. The van der Waals surface area contributed by atoms with Gasteiger partial charge in [0.1, 0.15) is 5.82 Å². The van der Waals surface area contributed by atoms with Gasteiger partial charge in [-0.05, 0) is 56.5 Å². The van der Waals surface area contributed by atoms with Crippen molar-refractivity contribution in [2.75, 3.05) is 13.2 Å². The third kappa shape index (κ3) is 5.34. The number of aromatic nitrogens is 1. The second-order valence-electron chi connectivity index (χ2n) is 7.07. The molecule has 0 radical (unpaired) electrons. The minimum absolute atomic E-state index is 0.0333. The van der Waals surface area contributed by atoms with E-state index in [-0.39, 0.29) is 23.5 Å². The molecule has 7 heteroatoms. The van der Waals surface area contributed by atoms with Gasteiger partial charge in [-0.3, -0.25) is 4.79 Å². The first-order valence-electron chi connectivity index (χ1n) is 9.46. The fourth-order valence-electron chi connectivity index (χ4n) is 3.40. The summed E-state index contributed by atoms with van der Waals surface area (Å²) in [5.74, 6) is -1.45. The third-order valence-electron chi connectivity index (χ3n) is 4.99. The van der Waals surface area contributed by atoms with Crippen LogP contribution >= 0.6 is 11.6 Å². The number of Topliss-reactive ketones (excluding diaryl/α,β-unsaturated/α-hetero) is 1. The molecule has 0 unspecified atom stereocenters. The SMILES string of the molecule is Cc1cc(C(=O)COC(=O)/C=C/c2ccc(F)c(Cl)c2)c(C)n1C[C@@H]1CCCO1. The van der Waals surface area contributed by atoms with Gasteiger partial charge in [-0.2, -0.15) is 0 Å². The smallest absolute Gasteiger partial charge is 0.331 e. The van der Waals surface area contributed by atoms with Crippen molar-refractivity contribution >= 4 is 29.4 Å². The highest BCUT2D eigenvalue weighted by atomic mass is 35.5. The molecule has 2 heterocycles. The number of hydrogen-bond acceptors (Lipinski definition) is 4. The molecule has 1 saturated heterocycles. The summed E-state index contributed by atoms with van der Waals surface area (Å²) in [6, 6.07) is 5.91. The van der Waals surface area contributed by atoms with Crippen molar-refractivity contribution in [2.45, 2.75) is 39.3 Å². The number of carbonyl (C=O) groups is 2. The molecule has 1 aliphatic rings. The predicted molar refractivity (Wildman–Crippen MR) is 109 cm³/mol. The molecule has 29 heavy (non-hydrogen) atoms. The molecule has 2 aromatic rings. The van der Waals surface area contributed by atoms with Crippen molar-refractivity contribution in [3.8, 4) is 0 Å². The lowest BCUT2D eigenvalue weighted by molar-refractivity contribution is -0.136. The average molecular weight is 420 g/mol. The lowest BCUT2D eigenvalue weighted by Gasteiger charge is -2.14. The molecule has 0 saturated carbocycles. The van der Waals surface area contributed by atoms with Crippen molar-refractivity contribution < 1.29 is 23.5 Å². The van der Waals surface area contributed by atoms with E-state index >= 15 is 0 Å². The maximum atomic E-state index is 13.2. The summed E-state index contributed by atoms with van der Waals surface area (Å²) in [4.78, 5) is 24.4. The summed E-state index contributed by atoms with van der Waals surface area (Å²) in [5, 5.41) is -0.0333. The molecule has 3 rings (SSSR count). The van der Waals surface area contributed by atoms with E-state index in [0.717, 1.165) is 30.8 Å². The highest BCUT2D eigenvalue weighted by molar-refractivity contribution is 6.30. The third-order valence-corrected chi connectivity index (χ3v) is 5.27. The number of carbonyl (C=O) groups excluding carboxylic acids is 2. The number of benzene rings is 1. The number of ketones is 1. The van der Waals surface area contributed by atoms with Gasteiger partial charge in [-0.25, -0.2) is 9.18 Å². The topological polar surface area (TPSA) is 57.5 Å². The van der Waals surface area contributed by atoms with Crippen LogP contribution in [-0.4, -0.2) is 35.6 Å². The number of nitrogens with zero attached hydrogens (tertiary/aromatic N) is 1. The fraction of sp³-hybridized carbons (Fsp3) is 0.364. The summed E-state index contributed by atoms with van der Waals surface area (Å²) >= 11 is 5.70. The van der Waals surface area contributed by atoms with Crippen molar-refractivity contribution in [1.29, 1.82) is 0 Å². The molecule has 1 aromatic heterocycles. The van der Waals surface area contributed by atoms with E-state index in [9.17, 15) is 14.0 Å². The molecule has 0 aliphatic carbocycles. The van der Waals surface area contributed by atoms with Gasteiger partial charge >= 0.3 is 5.97 Å². The van der Waals surface area contributed by atoms with Crippen molar-refractivity contribution in [2.24, 2.45) is 0 Å². The van der Waals surface area contributed by atoms with Crippen LogP contribution in [0.4, 0.5) is 4.39 Å². The van der Waals surface area contributed by atoms with Gasteiger partial charge in [0.2, 0.25) is 5.78 Å². The van der Waals surface area contributed by atoms with Gasteiger partial charge in [0.05, 0.1) is 11.1 Å². The van der Waals surface area contributed by atoms with Crippen LogP contribution in [0, 0.1) is 19.7 Å². The van der Waals surface area contributed by atoms with E-state index in [1.807, 2.05) is 19.9 Å². The molecule has 154 valence electrons. The molecule has 1 fully saturated rings. The monoisotopic (exact) mass is 419 g/mol. The van der Waals surface area contributed by atoms with E-state index in [1.165, 1.54) is 30.4 Å². The van der Waals surface area contributed by atoms with Gasteiger partial charge in [0.25, 0.3) is 0 Å². The molecular weight excluding hydrogens is 397 g/mol. The first-order valence-corrected chi connectivity index (χ1v) is 9.84. The van der Waals surface area contributed by atoms with Crippen LogP contribution in [0.25, 0.3) is 6.08 Å². The van der Waals surface area contributed by atoms with Gasteiger partial charge < -0.3 is 14.0 Å². The van der Waals surface area contributed by atoms with E-state index < -0.39 is 11.8 Å². The predicted octanol–water partition coefficient (Wildman–Crippen LogP) is 4.52. The van der Waals surface area contributed by atoms with Crippen LogP contribution in [0.1, 0.15) is 40.2 Å². The van der Waals surface area contributed by atoms with Gasteiger partial charge in [0.15, 0.2) is 6.61 Å². The minimum atomic E-state index is -0.660. The number of ether oxygens (including phenoxy) is 2. The summed E-state index contributed by atoms with van der Waals surface area (Å²) in [6.45, 7) is 4.98. The molecule has 0 bridgehead atoms. The molecule has 0 N–H and O–H groups in total. The molecule has 1 aliphatic heterocycles. The van der Waals surface area contributed by atoms with Gasteiger partial charge in [-0.15, -0.1) is 0 Å². The summed E-state index contributed by atoms with van der Waals surface area (Å²) < 4.78 is 26.0. The lowest BCUT2D eigenvalue weighted by Crippen LogP contribution is -2.18. The zero-order chi connectivity index (χ0) is 21.0. The number of aryl methyl sites for hydroxylation is 1. The van der Waals surface area contributed by atoms with Crippen molar-refractivity contribution in [3.05, 3.63) is 63.7 Å². The Balaban J connectivity index is 1.58. The van der Waals surface area contributed by atoms with Crippen LogP contribution in [0.5, 0.6) is 0 Å². The normalized spacial score (nSPS) is 16.5. The van der Waals surface area contributed by atoms with Crippen LogP contribution in [0.3, 0.4) is 0 Å². The maximum Gasteiger partial charge on any atom is 0.331 e. The van der Waals surface area contributed by atoms with Gasteiger partial charge in [0, 0.05) is 36.2 Å². The van der Waals surface area contributed by atoms with Crippen molar-refractivity contribution in [3.63, 3.8) is 0 Å². The Morgan fingerprint density at radius 1 is 1.34 bits per heavy atom. The first kappa shape index (κ1) is 21.3. The fourth-order valence-corrected chi connectivity index (χ4v) is 3.59. The highest BCUT2D eigenvalue weighted by Crippen LogP contribution is 2.21. The van der Waals surface area contributed by atoms with Crippen LogP contribution in [-0.2, 0) is 20.8 Å². The second kappa shape index (κ2) is 9.37. The van der Waals surface area contributed by atoms with Crippen LogP contribution in [0.15, 0.2) is 30.3 Å². The average Bonchev–Trinajstić information content (AvgIpc) is 3.31. The Morgan fingerprint density at radius 2 is 2.14 bits per heavy atom. The zero-order valence-electron chi connectivity index (χ0n) is 16.4. The highest BCUT2D eigenvalue weighted by Gasteiger charge is 2.21. The minimum Gasteiger partial charge on any atom is -0.454 e. The number of rotatable bonds is 7. The molecule has 0 spiro atoms. The lowest BCUT2D eigenvalue weighted by atomic mass is 10.1. The zero-order valence-corrected chi connectivity index (χ0v) is 17.2. The molecule has 0 amide bonds. The van der Waals surface area contributed by atoms with Crippen LogP contribution < -0.4 is 0 Å². The van der Waals surface area contributed by atoms with E-state index in [4.69, 9.17) is 21.1 Å². The standard InChI is InChI=1S/C22H23ClFNO4/c1-14-10-18(15(2)25(14)12-17-4-3-9-28-17)21(26)13-29-22(27)8-6-16-5-7-20(24)19(23)11-16/h5-8,10-11,17H,3-4,9,12-13H2,1-2H3/b8-6+/t17-/m0/s1. The first-order chi connectivity index (χ1) is 13.8. The quantitative estimate of drug-likeness (QED) is 0.376. The van der Waals surface area contributed by atoms with Crippen molar-refractivity contribution in [1.82, 2.24) is 4.57 Å². The number of hydrogen-bond donors (Lipinski definition) is 0. The summed E-state index contributed by atoms with van der Waals surface area (Å²) in [5.41, 5.74) is 2.91. The molecule has 1 atom stereocenters. The Kier molecular flexibility index (Phi) is 6.87. The maximum absolute atomic E-state index is 13.2. The van der Waals surface area contributed by atoms with E-state index in [2.05, 4.69) is 4.57 Å². The summed E-state index contributed by atoms with van der Waals surface area (Å²) in [7, 11) is 0. The van der Waals surface area contributed by atoms with Crippen LogP contribution in [0.2, 0.25) is 5.02 Å². The molecule has 1 aromatic carbocycles. The largest absolute Gasteiger partial charge is 0.454 e. The Morgan fingerprint density at radius 3 is 2.83 bits per heavy atom. The number of halogens is 2. The molecular formula is C22H23ClFNO4. The number of esters is 1. The van der Waals surface area contributed by atoms with E-state index in [1.54, 1.807) is 0 Å². The van der Waals surface area contributed by atoms with E-state index in [0.29, 0.717) is 17.7 Å². The summed E-state index contributed by atoms with van der Waals surface area (Å²) in [6.07, 6.45) is 4.88. The van der Waals surface area contributed by atoms with Gasteiger partial charge in [-0.1, -0.05) is 17.7 Å². The second-order valence-corrected chi connectivity index (χ2v) is 7.48.